The van der Waals surface area contributed by atoms with Crippen LogP contribution in [0.3, 0.4) is 0 Å². The maximum atomic E-state index is 13.6. The number of carbonyl (C=O) groups is 1. The number of halogens is 1. The fraction of sp³-hybridized carbons (Fsp3) is 0.208. The molecule has 1 fully saturated rings. The predicted octanol–water partition coefficient (Wildman–Crippen LogP) is 5.67. The Hall–Kier alpha value is -3.12. The molecule has 2 aromatic heterocycles. The molecular weight excluding hydrogens is 397 g/mol. The second-order valence-corrected chi connectivity index (χ2v) is 8.88. The van der Waals surface area contributed by atoms with Crippen molar-refractivity contribution in [3.63, 3.8) is 0 Å². The number of aryl methyl sites for hydroxylation is 2. The summed E-state index contributed by atoms with van der Waals surface area (Å²) in [4.78, 5) is 13.6. The van der Waals surface area contributed by atoms with E-state index in [1.165, 1.54) is 12.1 Å². The van der Waals surface area contributed by atoms with E-state index in [0.717, 1.165) is 55.8 Å². The SMILES string of the molecule is Cc1ccc(C(=O)NC2CC2)cc1-c1cc2cnnc(-c3ccc(F)cc3C)c2s1. The highest BCUT2D eigenvalue weighted by molar-refractivity contribution is 7.22. The van der Waals surface area contributed by atoms with E-state index in [0.29, 0.717) is 11.6 Å². The molecule has 5 rings (SSSR count). The van der Waals surface area contributed by atoms with Gasteiger partial charge in [0.2, 0.25) is 0 Å². The van der Waals surface area contributed by atoms with E-state index in [4.69, 9.17) is 0 Å². The van der Waals surface area contributed by atoms with Gasteiger partial charge in [0.1, 0.15) is 11.5 Å². The molecule has 2 aromatic carbocycles. The lowest BCUT2D eigenvalue weighted by atomic mass is 10.0. The molecule has 4 aromatic rings. The van der Waals surface area contributed by atoms with Gasteiger partial charge in [-0.05, 0) is 79.8 Å². The van der Waals surface area contributed by atoms with Crippen molar-refractivity contribution in [3.8, 4) is 21.7 Å². The highest BCUT2D eigenvalue weighted by Crippen LogP contribution is 2.39. The highest BCUT2D eigenvalue weighted by Gasteiger charge is 2.24. The zero-order chi connectivity index (χ0) is 20.8. The number of hydrogen-bond acceptors (Lipinski definition) is 4. The van der Waals surface area contributed by atoms with Gasteiger partial charge in [-0.15, -0.1) is 16.4 Å². The van der Waals surface area contributed by atoms with Crippen LogP contribution in [0, 0.1) is 19.7 Å². The number of hydrogen-bond donors (Lipinski definition) is 1. The molecule has 2 heterocycles. The van der Waals surface area contributed by atoms with E-state index >= 15 is 0 Å². The molecular formula is C24H20FN3OS. The van der Waals surface area contributed by atoms with Gasteiger partial charge in [0.15, 0.2) is 0 Å². The van der Waals surface area contributed by atoms with Crippen molar-refractivity contribution in [3.05, 3.63) is 71.2 Å². The van der Waals surface area contributed by atoms with E-state index in [1.807, 2.05) is 32.0 Å². The van der Waals surface area contributed by atoms with Crippen LogP contribution in [0.25, 0.3) is 31.8 Å². The van der Waals surface area contributed by atoms with Gasteiger partial charge < -0.3 is 5.32 Å². The normalized spacial score (nSPS) is 13.6. The minimum atomic E-state index is -0.264. The number of thiophene rings is 1. The molecule has 0 aliphatic heterocycles. The molecule has 0 radical (unpaired) electrons. The fourth-order valence-electron chi connectivity index (χ4n) is 3.61. The van der Waals surface area contributed by atoms with Crippen molar-refractivity contribution in [2.24, 2.45) is 0 Å². The number of nitrogens with one attached hydrogen (secondary N) is 1. The molecule has 1 aliphatic rings. The van der Waals surface area contributed by atoms with Gasteiger partial charge in [0, 0.05) is 27.4 Å². The van der Waals surface area contributed by atoms with Crippen LogP contribution in [0.2, 0.25) is 0 Å². The number of nitrogens with zero attached hydrogens (tertiary/aromatic N) is 2. The lowest BCUT2D eigenvalue weighted by Gasteiger charge is -2.08. The van der Waals surface area contributed by atoms with E-state index in [2.05, 4.69) is 21.6 Å². The first-order valence-corrected chi connectivity index (χ1v) is 10.7. The number of fused-ring (bicyclic) bond motifs is 1. The van der Waals surface area contributed by atoms with Crippen LogP contribution in [0.5, 0.6) is 0 Å². The first kappa shape index (κ1) is 18.9. The molecule has 4 nitrogen and oxygen atoms in total. The quantitative estimate of drug-likeness (QED) is 0.465. The van der Waals surface area contributed by atoms with Gasteiger partial charge in [-0.2, -0.15) is 5.10 Å². The van der Waals surface area contributed by atoms with Crippen LogP contribution < -0.4 is 5.32 Å². The van der Waals surface area contributed by atoms with E-state index in [-0.39, 0.29) is 11.7 Å². The number of rotatable bonds is 4. The summed E-state index contributed by atoms with van der Waals surface area (Å²) >= 11 is 1.62. The Kier molecular flexibility index (Phi) is 4.59. The molecule has 0 saturated heterocycles. The molecule has 1 amide bonds. The fourth-order valence-corrected chi connectivity index (χ4v) is 4.82. The van der Waals surface area contributed by atoms with E-state index in [9.17, 15) is 9.18 Å². The standard InChI is InChI=1S/C24H20FN3OS/c1-13-3-4-15(24(29)27-18-6-7-18)10-20(13)21-11-16-12-26-28-22(23(16)30-21)19-8-5-17(25)9-14(19)2/h3-5,8-12,18H,6-7H2,1-2H3,(H,27,29). The average molecular weight is 418 g/mol. The number of amides is 1. The maximum Gasteiger partial charge on any atom is 0.251 e. The Balaban J connectivity index is 1.60. The monoisotopic (exact) mass is 417 g/mol. The largest absolute Gasteiger partial charge is 0.349 e. The van der Waals surface area contributed by atoms with Gasteiger partial charge in [0.05, 0.1) is 10.9 Å². The third kappa shape index (κ3) is 3.48. The summed E-state index contributed by atoms with van der Waals surface area (Å²) in [5.74, 6) is -0.286. The van der Waals surface area contributed by atoms with Crippen molar-refractivity contribution in [2.75, 3.05) is 0 Å². The van der Waals surface area contributed by atoms with Crippen LogP contribution >= 0.6 is 11.3 Å². The Bertz CT molecular complexity index is 1290. The Labute approximate surface area is 177 Å². The number of carbonyl (C=O) groups excluding carboxylic acids is 1. The molecule has 1 saturated carbocycles. The second kappa shape index (κ2) is 7.29. The van der Waals surface area contributed by atoms with Gasteiger partial charge in [-0.3, -0.25) is 4.79 Å². The van der Waals surface area contributed by atoms with Crippen LogP contribution in [0.1, 0.15) is 34.3 Å². The summed E-state index contributed by atoms with van der Waals surface area (Å²) < 4.78 is 14.6. The molecule has 6 heteroatoms. The third-order valence-corrected chi connectivity index (χ3v) is 6.64. The van der Waals surface area contributed by atoms with Crippen molar-refractivity contribution in [2.45, 2.75) is 32.7 Å². The van der Waals surface area contributed by atoms with Crippen LogP contribution in [0.15, 0.2) is 48.7 Å². The number of aromatic nitrogens is 2. The van der Waals surface area contributed by atoms with Gasteiger partial charge in [-0.1, -0.05) is 6.07 Å². The van der Waals surface area contributed by atoms with Crippen molar-refractivity contribution in [1.82, 2.24) is 15.5 Å². The molecule has 150 valence electrons. The summed E-state index contributed by atoms with van der Waals surface area (Å²) in [6.45, 7) is 3.92. The summed E-state index contributed by atoms with van der Waals surface area (Å²) in [7, 11) is 0. The average Bonchev–Trinajstić information content (AvgIpc) is 3.42. The van der Waals surface area contributed by atoms with Crippen LogP contribution in [-0.2, 0) is 0 Å². The lowest BCUT2D eigenvalue weighted by Crippen LogP contribution is -2.25. The third-order valence-electron chi connectivity index (χ3n) is 5.45. The van der Waals surface area contributed by atoms with Gasteiger partial charge in [0.25, 0.3) is 5.91 Å². The van der Waals surface area contributed by atoms with E-state index in [1.54, 1.807) is 23.6 Å². The first-order chi connectivity index (χ1) is 14.5. The minimum absolute atomic E-state index is 0.0224. The summed E-state index contributed by atoms with van der Waals surface area (Å²) in [5.41, 5.74) is 5.25. The topological polar surface area (TPSA) is 54.9 Å². The maximum absolute atomic E-state index is 13.6. The first-order valence-electron chi connectivity index (χ1n) is 9.93. The summed E-state index contributed by atoms with van der Waals surface area (Å²) in [5, 5.41) is 12.6. The lowest BCUT2D eigenvalue weighted by molar-refractivity contribution is 0.0951. The molecule has 0 bridgehead atoms. The van der Waals surface area contributed by atoms with Crippen LogP contribution in [0.4, 0.5) is 4.39 Å². The Morgan fingerprint density at radius 3 is 2.67 bits per heavy atom. The Morgan fingerprint density at radius 1 is 1.07 bits per heavy atom. The van der Waals surface area contributed by atoms with Crippen molar-refractivity contribution < 1.29 is 9.18 Å². The minimum Gasteiger partial charge on any atom is -0.349 e. The Morgan fingerprint density at radius 2 is 1.90 bits per heavy atom. The molecule has 0 atom stereocenters. The zero-order valence-electron chi connectivity index (χ0n) is 16.7. The van der Waals surface area contributed by atoms with Crippen molar-refractivity contribution >= 4 is 27.3 Å². The van der Waals surface area contributed by atoms with Crippen LogP contribution in [-0.4, -0.2) is 22.1 Å². The number of benzene rings is 2. The predicted molar refractivity (Wildman–Crippen MR) is 118 cm³/mol. The summed E-state index contributed by atoms with van der Waals surface area (Å²) in [6, 6.07) is 12.9. The molecule has 0 unspecified atom stereocenters. The zero-order valence-corrected chi connectivity index (χ0v) is 17.5. The molecule has 30 heavy (non-hydrogen) atoms. The van der Waals surface area contributed by atoms with Crippen molar-refractivity contribution in [1.29, 1.82) is 0 Å². The second-order valence-electron chi connectivity index (χ2n) is 7.82. The molecule has 1 N–H and O–H groups in total. The molecule has 0 spiro atoms. The summed E-state index contributed by atoms with van der Waals surface area (Å²) in [6.07, 6.45) is 3.87. The van der Waals surface area contributed by atoms with Gasteiger partial charge in [-0.25, -0.2) is 4.39 Å². The van der Waals surface area contributed by atoms with E-state index < -0.39 is 0 Å². The smallest absolute Gasteiger partial charge is 0.251 e. The highest BCUT2D eigenvalue weighted by atomic mass is 32.1. The molecule has 1 aliphatic carbocycles. The van der Waals surface area contributed by atoms with Gasteiger partial charge >= 0.3 is 0 Å².